The quantitative estimate of drug-likeness (QED) is 0.386. The standard InChI is InChI=1S/C14H25N5OS/c1-4-5-6-7-17-14(15-3)18-9-8-16-13(20)12-11(2)19-10-21-12/h10H,4-9H2,1-3H3,(H,16,20)(H2,15,17,18). The molecule has 1 aromatic heterocycles. The third kappa shape index (κ3) is 6.57. The highest BCUT2D eigenvalue weighted by Gasteiger charge is 2.10. The molecule has 1 heterocycles. The van der Waals surface area contributed by atoms with Crippen LogP contribution >= 0.6 is 11.3 Å². The van der Waals surface area contributed by atoms with Crippen molar-refractivity contribution in [2.45, 2.75) is 33.1 Å². The highest BCUT2D eigenvalue weighted by Crippen LogP contribution is 2.10. The number of aliphatic imine (C=N–C) groups is 1. The number of nitrogens with one attached hydrogen (secondary N) is 3. The molecule has 1 rings (SSSR count). The molecule has 0 radical (unpaired) electrons. The molecule has 0 atom stereocenters. The van der Waals surface area contributed by atoms with Gasteiger partial charge < -0.3 is 16.0 Å². The Morgan fingerprint density at radius 1 is 1.24 bits per heavy atom. The lowest BCUT2D eigenvalue weighted by molar-refractivity contribution is 0.0957. The highest BCUT2D eigenvalue weighted by atomic mass is 32.1. The molecule has 118 valence electrons. The fourth-order valence-electron chi connectivity index (χ4n) is 1.76. The first-order chi connectivity index (χ1) is 10.2. The molecule has 1 amide bonds. The zero-order valence-corrected chi connectivity index (χ0v) is 13.8. The van der Waals surface area contributed by atoms with Crippen LogP contribution in [-0.4, -0.2) is 43.5 Å². The molecule has 0 fully saturated rings. The summed E-state index contributed by atoms with van der Waals surface area (Å²) in [5, 5.41) is 9.29. The average Bonchev–Trinajstić information content (AvgIpc) is 2.91. The topological polar surface area (TPSA) is 78.4 Å². The fourth-order valence-corrected chi connectivity index (χ4v) is 2.48. The molecule has 0 spiro atoms. The number of rotatable bonds is 8. The maximum absolute atomic E-state index is 11.9. The van der Waals surface area contributed by atoms with Gasteiger partial charge in [-0.3, -0.25) is 9.79 Å². The van der Waals surface area contributed by atoms with E-state index in [0.717, 1.165) is 24.6 Å². The van der Waals surface area contributed by atoms with E-state index in [4.69, 9.17) is 0 Å². The second-order valence-electron chi connectivity index (χ2n) is 4.66. The lowest BCUT2D eigenvalue weighted by Crippen LogP contribution is -2.41. The second kappa shape index (κ2) is 10.1. The molecular weight excluding hydrogens is 286 g/mol. The number of aromatic nitrogens is 1. The number of carbonyl (C=O) groups excluding carboxylic acids is 1. The predicted octanol–water partition coefficient (Wildman–Crippen LogP) is 1.54. The molecule has 0 aliphatic heterocycles. The van der Waals surface area contributed by atoms with Crippen LogP contribution in [0.5, 0.6) is 0 Å². The van der Waals surface area contributed by atoms with E-state index in [2.05, 4.69) is 32.9 Å². The first-order valence-electron chi connectivity index (χ1n) is 7.31. The summed E-state index contributed by atoms with van der Waals surface area (Å²) in [6, 6.07) is 0. The third-order valence-electron chi connectivity index (χ3n) is 2.95. The number of thiazole rings is 1. The molecule has 1 aromatic rings. The van der Waals surface area contributed by atoms with E-state index < -0.39 is 0 Å². The van der Waals surface area contributed by atoms with Gasteiger partial charge in [0.15, 0.2) is 5.96 Å². The Morgan fingerprint density at radius 3 is 2.57 bits per heavy atom. The SMILES string of the molecule is CCCCCNC(=NC)NCCNC(=O)c1scnc1C. The van der Waals surface area contributed by atoms with E-state index in [9.17, 15) is 4.79 Å². The van der Waals surface area contributed by atoms with Crippen molar-refractivity contribution in [1.82, 2.24) is 20.9 Å². The van der Waals surface area contributed by atoms with Crippen LogP contribution in [0.2, 0.25) is 0 Å². The van der Waals surface area contributed by atoms with Crippen LogP contribution in [0.15, 0.2) is 10.5 Å². The lowest BCUT2D eigenvalue weighted by atomic mass is 10.2. The molecule has 0 saturated heterocycles. The van der Waals surface area contributed by atoms with E-state index in [1.165, 1.54) is 24.2 Å². The van der Waals surface area contributed by atoms with Crippen molar-refractivity contribution in [1.29, 1.82) is 0 Å². The number of guanidine groups is 1. The van der Waals surface area contributed by atoms with Crippen LogP contribution in [-0.2, 0) is 0 Å². The molecule has 0 aliphatic carbocycles. The van der Waals surface area contributed by atoms with E-state index in [-0.39, 0.29) is 5.91 Å². The van der Waals surface area contributed by atoms with E-state index in [1.54, 1.807) is 12.6 Å². The van der Waals surface area contributed by atoms with E-state index in [1.807, 2.05) is 6.92 Å². The van der Waals surface area contributed by atoms with Crippen LogP contribution in [0, 0.1) is 6.92 Å². The van der Waals surface area contributed by atoms with Gasteiger partial charge in [0.1, 0.15) is 4.88 Å². The Morgan fingerprint density at radius 2 is 1.95 bits per heavy atom. The second-order valence-corrected chi connectivity index (χ2v) is 5.51. The number of amides is 1. The predicted molar refractivity (Wildman–Crippen MR) is 88.1 cm³/mol. The van der Waals surface area contributed by atoms with Crippen molar-refractivity contribution < 1.29 is 4.79 Å². The number of unbranched alkanes of at least 4 members (excludes halogenated alkanes) is 2. The number of nitrogens with zero attached hydrogens (tertiary/aromatic N) is 2. The first-order valence-corrected chi connectivity index (χ1v) is 8.19. The number of hydrogen-bond donors (Lipinski definition) is 3. The van der Waals surface area contributed by atoms with Gasteiger partial charge in [-0.15, -0.1) is 11.3 Å². The maximum atomic E-state index is 11.9. The summed E-state index contributed by atoms with van der Waals surface area (Å²) < 4.78 is 0. The maximum Gasteiger partial charge on any atom is 0.263 e. The molecule has 0 saturated carbocycles. The van der Waals surface area contributed by atoms with E-state index in [0.29, 0.717) is 18.0 Å². The van der Waals surface area contributed by atoms with Gasteiger partial charge in [0.2, 0.25) is 0 Å². The molecular formula is C14H25N5OS. The van der Waals surface area contributed by atoms with Crippen molar-refractivity contribution in [3.63, 3.8) is 0 Å². The Hall–Kier alpha value is -1.63. The molecule has 0 bridgehead atoms. The van der Waals surface area contributed by atoms with E-state index >= 15 is 0 Å². The highest BCUT2D eigenvalue weighted by molar-refractivity contribution is 7.11. The Kier molecular flexibility index (Phi) is 8.42. The normalized spacial score (nSPS) is 11.3. The van der Waals surface area contributed by atoms with Crippen molar-refractivity contribution in [3.05, 3.63) is 16.1 Å². The summed E-state index contributed by atoms with van der Waals surface area (Å²) in [5.41, 5.74) is 2.46. The Labute approximate surface area is 130 Å². The van der Waals surface area contributed by atoms with Gasteiger partial charge in [-0.2, -0.15) is 0 Å². The van der Waals surface area contributed by atoms with Crippen molar-refractivity contribution in [2.24, 2.45) is 4.99 Å². The van der Waals surface area contributed by atoms with Gasteiger partial charge in [0.25, 0.3) is 5.91 Å². The summed E-state index contributed by atoms with van der Waals surface area (Å²) >= 11 is 1.36. The van der Waals surface area contributed by atoms with Crippen LogP contribution in [0.4, 0.5) is 0 Å². The molecule has 21 heavy (non-hydrogen) atoms. The minimum absolute atomic E-state index is 0.0670. The minimum atomic E-state index is -0.0670. The van der Waals surface area contributed by atoms with Crippen molar-refractivity contribution in [2.75, 3.05) is 26.7 Å². The van der Waals surface area contributed by atoms with Crippen LogP contribution in [0.3, 0.4) is 0 Å². The number of carbonyl (C=O) groups is 1. The zero-order chi connectivity index (χ0) is 15.5. The van der Waals surface area contributed by atoms with Gasteiger partial charge in [-0.05, 0) is 13.3 Å². The molecule has 0 aromatic carbocycles. The van der Waals surface area contributed by atoms with Crippen LogP contribution in [0.1, 0.15) is 41.6 Å². The van der Waals surface area contributed by atoms with Gasteiger partial charge >= 0.3 is 0 Å². The van der Waals surface area contributed by atoms with Crippen molar-refractivity contribution >= 4 is 23.2 Å². The lowest BCUT2D eigenvalue weighted by Gasteiger charge is -2.12. The Bertz CT molecular complexity index is 458. The van der Waals surface area contributed by atoms with Crippen molar-refractivity contribution in [3.8, 4) is 0 Å². The molecule has 7 heteroatoms. The number of aryl methyl sites for hydroxylation is 1. The largest absolute Gasteiger partial charge is 0.356 e. The van der Waals surface area contributed by atoms with Gasteiger partial charge in [0, 0.05) is 26.7 Å². The minimum Gasteiger partial charge on any atom is -0.356 e. The Balaban J connectivity index is 2.17. The van der Waals surface area contributed by atoms with Gasteiger partial charge in [-0.1, -0.05) is 19.8 Å². The fraction of sp³-hybridized carbons (Fsp3) is 0.643. The molecule has 3 N–H and O–H groups in total. The number of hydrogen-bond acceptors (Lipinski definition) is 4. The first kappa shape index (κ1) is 17.4. The average molecular weight is 311 g/mol. The van der Waals surface area contributed by atoms with Gasteiger partial charge in [0.05, 0.1) is 11.2 Å². The zero-order valence-electron chi connectivity index (χ0n) is 13.0. The summed E-state index contributed by atoms with van der Waals surface area (Å²) in [6.45, 7) is 6.12. The molecule has 0 unspecified atom stereocenters. The molecule has 0 aliphatic rings. The summed E-state index contributed by atoms with van der Waals surface area (Å²) in [6.07, 6.45) is 3.56. The smallest absolute Gasteiger partial charge is 0.263 e. The summed E-state index contributed by atoms with van der Waals surface area (Å²) in [7, 11) is 1.74. The molecule has 6 nitrogen and oxygen atoms in total. The summed E-state index contributed by atoms with van der Waals surface area (Å²) in [4.78, 5) is 20.8. The monoisotopic (exact) mass is 311 g/mol. The third-order valence-corrected chi connectivity index (χ3v) is 3.88. The van der Waals surface area contributed by atoms with Crippen LogP contribution < -0.4 is 16.0 Å². The summed E-state index contributed by atoms with van der Waals surface area (Å²) in [5.74, 6) is 0.706. The van der Waals surface area contributed by atoms with Crippen LogP contribution in [0.25, 0.3) is 0 Å². The van der Waals surface area contributed by atoms with Gasteiger partial charge in [-0.25, -0.2) is 4.98 Å².